The number of hydrogen-bond acceptors (Lipinski definition) is 7. The fourth-order valence-corrected chi connectivity index (χ4v) is 3.56. The largest absolute Gasteiger partial charge is 0.301 e. The maximum atomic E-state index is 12.1. The molecule has 2 N–H and O–H groups in total. The molecule has 1 atom stereocenters. The quantitative estimate of drug-likeness (QED) is 0.649. The van der Waals surface area contributed by atoms with Gasteiger partial charge in [-0.3, -0.25) is 14.9 Å². The van der Waals surface area contributed by atoms with E-state index in [4.69, 9.17) is 0 Å². The number of aromatic amines is 1. The van der Waals surface area contributed by atoms with E-state index >= 15 is 0 Å². The highest BCUT2D eigenvalue weighted by Gasteiger charge is 2.20. The number of amides is 1. The molecule has 0 bridgehead atoms. The molecule has 2 heterocycles. The number of carbonyl (C=O) groups is 1. The monoisotopic (exact) mass is 337 g/mol. The number of hydrogen-bond donors (Lipinski definition) is 2. The van der Waals surface area contributed by atoms with Gasteiger partial charge in [-0.15, -0.1) is 10.2 Å². The van der Waals surface area contributed by atoms with Gasteiger partial charge in [0.25, 0.3) is 5.56 Å². The summed E-state index contributed by atoms with van der Waals surface area (Å²) in [7, 11) is 0. The Kier molecular flexibility index (Phi) is 4.53. The first kappa shape index (κ1) is 15.2. The Morgan fingerprint density at radius 2 is 2.27 bits per heavy atom. The van der Waals surface area contributed by atoms with E-state index in [1.165, 1.54) is 23.1 Å². The smallest absolute Gasteiger partial charge is 0.254 e. The van der Waals surface area contributed by atoms with Crippen LogP contribution in [0.1, 0.15) is 31.0 Å². The van der Waals surface area contributed by atoms with Gasteiger partial charge in [0.2, 0.25) is 11.0 Å². The topological polar surface area (TPSA) is 101 Å². The number of anilines is 1. The van der Waals surface area contributed by atoms with E-state index in [1.807, 2.05) is 0 Å². The summed E-state index contributed by atoms with van der Waals surface area (Å²) in [5.74, 6) is -0.192. The highest BCUT2D eigenvalue weighted by molar-refractivity contribution is 8.00. The normalized spacial score (nSPS) is 15.1. The van der Waals surface area contributed by atoms with Gasteiger partial charge in [-0.2, -0.15) is 0 Å². The molecule has 0 unspecified atom stereocenters. The van der Waals surface area contributed by atoms with Gasteiger partial charge in [0, 0.05) is 5.56 Å². The first-order chi connectivity index (χ1) is 10.6. The molecule has 2 aromatic rings. The highest BCUT2D eigenvalue weighted by Crippen LogP contribution is 2.23. The fourth-order valence-electron chi connectivity index (χ4n) is 2.29. The zero-order valence-electron chi connectivity index (χ0n) is 12.0. The summed E-state index contributed by atoms with van der Waals surface area (Å²) in [5, 5.41) is 10.7. The van der Waals surface area contributed by atoms with Gasteiger partial charge in [0.05, 0.1) is 10.9 Å². The predicted molar refractivity (Wildman–Crippen MR) is 85.4 cm³/mol. The lowest BCUT2D eigenvalue weighted by Gasteiger charge is -2.15. The van der Waals surface area contributed by atoms with Crippen molar-refractivity contribution < 1.29 is 4.79 Å². The Hall–Kier alpha value is -1.74. The molecule has 0 aromatic carbocycles. The van der Waals surface area contributed by atoms with E-state index in [9.17, 15) is 9.59 Å². The number of carbonyl (C=O) groups excluding carboxylic acids is 1. The molecule has 0 fully saturated rings. The van der Waals surface area contributed by atoms with Crippen molar-refractivity contribution in [1.29, 1.82) is 0 Å². The lowest BCUT2D eigenvalue weighted by molar-refractivity contribution is -0.115. The third-order valence-electron chi connectivity index (χ3n) is 3.42. The number of thioether (sulfide) groups is 1. The second-order valence-electron chi connectivity index (χ2n) is 5.00. The van der Waals surface area contributed by atoms with Crippen LogP contribution in [0.15, 0.2) is 15.5 Å². The molecular formula is C13H15N5O2S2. The third kappa shape index (κ3) is 3.36. The van der Waals surface area contributed by atoms with Crippen LogP contribution in [0, 0.1) is 0 Å². The van der Waals surface area contributed by atoms with Crippen LogP contribution in [0.25, 0.3) is 0 Å². The SMILES string of the molecule is C[C@@H](Sc1nc2c(c(=O)[nH]1)CCCC2)C(=O)Nc1nncs1. The van der Waals surface area contributed by atoms with Gasteiger partial charge in [-0.05, 0) is 32.6 Å². The van der Waals surface area contributed by atoms with Gasteiger partial charge in [0.1, 0.15) is 5.51 Å². The molecule has 2 aromatic heterocycles. The van der Waals surface area contributed by atoms with Crippen LogP contribution in [0.4, 0.5) is 5.13 Å². The Bertz CT molecular complexity index is 729. The fraction of sp³-hybridized carbons (Fsp3) is 0.462. The number of rotatable bonds is 4. The van der Waals surface area contributed by atoms with Crippen molar-refractivity contribution in [3.05, 3.63) is 27.1 Å². The van der Waals surface area contributed by atoms with E-state index in [0.717, 1.165) is 36.9 Å². The number of aromatic nitrogens is 4. The van der Waals surface area contributed by atoms with Crippen molar-refractivity contribution in [2.75, 3.05) is 5.32 Å². The standard InChI is InChI=1S/C13H15N5O2S2/c1-7(10(19)16-13-18-14-6-21-13)22-12-15-9-5-3-2-4-8(9)11(20)17-12/h6-7H,2-5H2,1H3,(H,15,17,20)(H,16,18,19)/t7-/m1/s1. The zero-order chi connectivity index (χ0) is 15.5. The molecule has 3 rings (SSSR count). The number of fused-ring (bicyclic) bond motifs is 1. The van der Waals surface area contributed by atoms with Crippen LogP contribution in [-0.4, -0.2) is 31.3 Å². The predicted octanol–water partition coefficient (Wildman–Crippen LogP) is 1.62. The van der Waals surface area contributed by atoms with E-state index in [0.29, 0.717) is 10.3 Å². The van der Waals surface area contributed by atoms with E-state index in [1.54, 1.807) is 12.4 Å². The van der Waals surface area contributed by atoms with Crippen molar-refractivity contribution in [3.63, 3.8) is 0 Å². The molecule has 7 nitrogen and oxygen atoms in total. The molecule has 0 radical (unpaired) electrons. The molecule has 0 aliphatic heterocycles. The summed E-state index contributed by atoms with van der Waals surface area (Å²) in [5.41, 5.74) is 3.13. The average Bonchev–Trinajstić information content (AvgIpc) is 3.00. The molecule has 116 valence electrons. The summed E-state index contributed by atoms with van der Waals surface area (Å²) in [6.07, 6.45) is 3.71. The van der Waals surface area contributed by atoms with Crippen LogP contribution in [0.3, 0.4) is 0 Å². The van der Waals surface area contributed by atoms with E-state index < -0.39 is 5.25 Å². The Labute approximate surface area is 135 Å². The van der Waals surface area contributed by atoms with Gasteiger partial charge in [-0.1, -0.05) is 23.1 Å². The first-order valence-corrected chi connectivity index (χ1v) is 8.75. The van der Waals surface area contributed by atoms with Crippen molar-refractivity contribution in [2.24, 2.45) is 0 Å². The van der Waals surface area contributed by atoms with Crippen LogP contribution < -0.4 is 10.9 Å². The van der Waals surface area contributed by atoms with Gasteiger partial charge in [-0.25, -0.2) is 4.98 Å². The maximum absolute atomic E-state index is 12.1. The number of aryl methyl sites for hydroxylation is 1. The number of nitrogens with one attached hydrogen (secondary N) is 2. The summed E-state index contributed by atoms with van der Waals surface area (Å²) < 4.78 is 0. The summed E-state index contributed by atoms with van der Waals surface area (Å²) in [6.45, 7) is 1.76. The first-order valence-electron chi connectivity index (χ1n) is 6.99. The molecule has 9 heteroatoms. The van der Waals surface area contributed by atoms with Crippen LogP contribution in [-0.2, 0) is 17.6 Å². The summed E-state index contributed by atoms with van der Waals surface area (Å²) in [4.78, 5) is 31.4. The van der Waals surface area contributed by atoms with Crippen LogP contribution >= 0.6 is 23.1 Å². The highest BCUT2D eigenvalue weighted by atomic mass is 32.2. The molecular weight excluding hydrogens is 322 g/mol. The Morgan fingerprint density at radius 3 is 3.05 bits per heavy atom. The lowest BCUT2D eigenvalue weighted by atomic mass is 9.97. The molecule has 0 saturated carbocycles. The molecule has 1 amide bonds. The second kappa shape index (κ2) is 6.57. The molecule has 22 heavy (non-hydrogen) atoms. The number of H-pyrrole nitrogens is 1. The van der Waals surface area contributed by atoms with Crippen molar-refractivity contribution >= 4 is 34.1 Å². The van der Waals surface area contributed by atoms with Crippen molar-refractivity contribution in [2.45, 2.75) is 43.0 Å². The molecule has 0 saturated heterocycles. The van der Waals surface area contributed by atoms with E-state index in [2.05, 4.69) is 25.5 Å². The minimum Gasteiger partial charge on any atom is -0.301 e. The van der Waals surface area contributed by atoms with E-state index in [-0.39, 0.29) is 11.5 Å². The minimum atomic E-state index is -0.395. The summed E-state index contributed by atoms with van der Waals surface area (Å²) in [6, 6.07) is 0. The van der Waals surface area contributed by atoms with Crippen LogP contribution in [0.5, 0.6) is 0 Å². The van der Waals surface area contributed by atoms with Gasteiger partial charge in [0.15, 0.2) is 5.16 Å². The maximum Gasteiger partial charge on any atom is 0.254 e. The average molecular weight is 337 g/mol. The van der Waals surface area contributed by atoms with Gasteiger partial charge >= 0.3 is 0 Å². The van der Waals surface area contributed by atoms with Crippen LogP contribution in [0.2, 0.25) is 0 Å². The third-order valence-corrected chi connectivity index (χ3v) is 5.01. The van der Waals surface area contributed by atoms with Gasteiger partial charge < -0.3 is 4.98 Å². The summed E-state index contributed by atoms with van der Waals surface area (Å²) >= 11 is 2.50. The Morgan fingerprint density at radius 1 is 1.45 bits per heavy atom. The molecule has 1 aliphatic carbocycles. The van der Waals surface area contributed by atoms with Crippen molar-refractivity contribution in [3.8, 4) is 0 Å². The molecule has 0 spiro atoms. The number of nitrogens with zero attached hydrogens (tertiary/aromatic N) is 3. The second-order valence-corrected chi connectivity index (χ2v) is 7.16. The van der Waals surface area contributed by atoms with Crippen molar-refractivity contribution in [1.82, 2.24) is 20.2 Å². The lowest BCUT2D eigenvalue weighted by Crippen LogP contribution is -2.25. The minimum absolute atomic E-state index is 0.0797. The Balaban J connectivity index is 1.71. The molecule has 1 aliphatic rings. The zero-order valence-corrected chi connectivity index (χ0v) is 13.6.